The summed E-state index contributed by atoms with van der Waals surface area (Å²) < 4.78 is 11.6. The third-order valence-electron chi connectivity index (χ3n) is 5.17. The summed E-state index contributed by atoms with van der Waals surface area (Å²) in [6, 6.07) is 10.5. The summed E-state index contributed by atoms with van der Waals surface area (Å²) in [5.41, 5.74) is 3.37. The minimum absolute atomic E-state index is 0.133. The Morgan fingerprint density at radius 1 is 1.28 bits per heavy atom. The highest BCUT2D eigenvalue weighted by atomic mass is 16.5. The van der Waals surface area contributed by atoms with Crippen molar-refractivity contribution in [2.24, 2.45) is 4.99 Å². The second-order valence-corrected chi connectivity index (χ2v) is 8.48. The highest BCUT2D eigenvalue weighted by molar-refractivity contribution is 5.79. The van der Waals surface area contributed by atoms with Crippen LogP contribution in [-0.4, -0.2) is 49.4 Å². The molecule has 2 N–H and O–H groups in total. The number of aliphatic imine (C=N–C) groups is 1. The van der Waals surface area contributed by atoms with Gasteiger partial charge in [0, 0.05) is 37.9 Å². The number of nitrogens with one attached hydrogen (secondary N) is 2. The van der Waals surface area contributed by atoms with Crippen LogP contribution in [0.25, 0.3) is 0 Å². The van der Waals surface area contributed by atoms with Gasteiger partial charge in [0.25, 0.3) is 0 Å². The van der Waals surface area contributed by atoms with E-state index in [0.717, 1.165) is 54.9 Å². The molecule has 0 aliphatic carbocycles. The number of hydrogen-bond donors (Lipinski definition) is 2. The molecule has 1 aromatic heterocycles. The molecule has 1 atom stereocenters. The molecule has 0 spiro atoms. The normalized spacial score (nSPS) is 16.9. The molecule has 3 rings (SSSR count). The molecule has 2 aromatic rings. The Labute approximate surface area is 192 Å². The SMILES string of the molecule is CCNC(=NCc1ccc(N2CCOC(C)C2)nc1)NCc1ccc(C)cc1OC(C)C. The first-order chi connectivity index (χ1) is 15.4. The summed E-state index contributed by atoms with van der Waals surface area (Å²) in [6.07, 6.45) is 2.29. The fourth-order valence-corrected chi connectivity index (χ4v) is 3.59. The standard InChI is InChI=1S/C25H37N5O2/c1-6-26-25(29-16-22-9-7-19(4)13-23(22)32-18(2)3)28-15-21-8-10-24(27-14-21)30-11-12-31-20(5)17-30/h7-10,13-14,18,20H,6,11-12,15-17H2,1-5H3,(H2,26,28,29). The Hall–Kier alpha value is -2.80. The minimum Gasteiger partial charge on any atom is -0.491 e. The molecule has 1 unspecified atom stereocenters. The van der Waals surface area contributed by atoms with Crippen LogP contribution in [0.4, 0.5) is 5.82 Å². The van der Waals surface area contributed by atoms with E-state index in [4.69, 9.17) is 14.5 Å². The Bertz CT molecular complexity index is 882. The molecule has 0 amide bonds. The zero-order valence-electron chi connectivity index (χ0n) is 20.0. The van der Waals surface area contributed by atoms with E-state index >= 15 is 0 Å². The summed E-state index contributed by atoms with van der Waals surface area (Å²) in [6.45, 7) is 14.8. The summed E-state index contributed by atoms with van der Waals surface area (Å²) in [4.78, 5) is 11.7. The first-order valence-electron chi connectivity index (χ1n) is 11.5. The number of benzene rings is 1. The maximum Gasteiger partial charge on any atom is 0.191 e. The third kappa shape index (κ3) is 7.12. The van der Waals surface area contributed by atoms with Crippen molar-refractivity contribution < 1.29 is 9.47 Å². The van der Waals surface area contributed by atoms with Gasteiger partial charge in [0.1, 0.15) is 11.6 Å². The van der Waals surface area contributed by atoms with Gasteiger partial charge in [-0.05, 0) is 57.9 Å². The number of pyridine rings is 1. The highest BCUT2D eigenvalue weighted by Gasteiger charge is 2.17. The van der Waals surface area contributed by atoms with Gasteiger partial charge in [0.15, 0.2) is 5.96 Å². The molecular weight excluding hydrogens is 402 g/mol. The van der Waals surface area contributed by atoms with Crippen molar-refractivity contribution in [2.45, 2.75) is 59.9 Å². The van der Waals surface area contributed by atoms with Gasteiger partial charge < -0.3 is 25.0 Å². The van der Waals surface area contributed by atoms with Crippen LogP contribution in [0.1, 0.15) is 44.4 Å². The topological polar surface area (TPSA) is 71.0 Å². The van der Waals surface area contributed by atoms with Gasteiger partial charge >= 0.3 is 0 Å². The maximum atomic E-state index is 6.00. The quantitative estimate of drug-likeness (QED) is 0.483. The molecule has 0 bridgehead atoms. The fourth-order valence-electron chi connectivity index (χ4n) is 3.59. The average molecular weight is 440 g/mol. The van der Waals surface area contributed by atoms with Crippen LogP contribution in [0.2, 0.25) is 0 Å². The van der Waals surface area contributed by atoms with Crippen LogP contribution >= 0.6 is 0 Å². The van der Waals surface area contributed by atoms with E-state index in [0.29, 0.717) is 13.1 Å². The van der Waals surface area contributed by atoms with E-state index < -0.39 is 0 Å². The molecule has 32 heavy (non-hydrogen) atoms. The van der Waals surface area contributed by atoms with Crippen LogP contribution in [0.15, 0.2) is 41.5 Å². The number of morpholine rings is 1. The zero-order chi connectivity index (χ0) is 22.9. The van der Waals surface area contributed by atoms with Gasteiger partial charge in [-0.1, -0.05) is 18.2 Å². The number of aromatic nitrogens is 1. The number of hydrogen-bond acceptors (Lipinski definition) is 5. The average Bonchev–Trinajstić information content (AvgIpc) is 2.76. The van der Waals surface area contributed by atoms with Gasteiger partial charge in [-0.15, -0.1) is 0 Å². The van der Waals surface area contributed by atoms with Crippen molar-refractivity contribution in [3.63, 3.8) is 0 Å². The number of guanidine groups is 1. The molecule has 2 heterocycles. The highest BCUT2D eigenvalue weighted by Crippen LogP contribution is 2.21. The molecule has 0 radical (unpaired) electrons. The maximum absolute atomic E-state index is 6.00. The first kappa shape index (κ1) is 23.9. The molecule has 1 aliphatic heterocycles. The van der Waals surface area contributed by atoms with E-state index in [1.807, 2.05) is 20.0 Å². The predicted molar refractivity (Wildman–Crippen MR) is 130 cm³/mol. The van der Waals surface area contributed by atoms with Gasteiger partial charge in [0.2, 0.25) is 0 Å². The van der Waals surface area contributed by atoms with Crippen molar-refractivity contribution in [3.05, 3.63) is 53.2 Å². The lowest BCUT2D eigenvalue weighted by Crippen LogP contribution is -2.41. The van der Waals surface area contributed by atoms with Crippen LogP contribution in [0, 0.1) is 6.92 Å². The lowest BCUT2D eigenvalue weighted by molar-refractivity contribution is 0.0529. The molecule has 0 saturated carbocycles. The van der Waals surface area contributed by atoms with Crippen molar-refractivity contribution in [3.8, 4) is 5.75 Å². The molecule has 7 heteroatoms. The Morgan fingerprint density at radius 2 is 2.12 bits per heavy atom. The largest absolute Gasteiger partial charge is 0.491 e. The molecule has 174 valence electrons. The smallest absolute Gasteiger partial charge is 0.191 e. The number of aryl methyl sites for hydroxylation is 1. The molecule has 1 aliphatic rings. The van der Waals surface area contributed by atoms with E-state index in [9.17, 15) is 0 Å². The van der Waals surface area contributed by atoms with Gasteiger partial charge in [-0.2, -0.15) is 0 Å². The predicted octanol–water partition coefficient (Wildman–Crippen LogP) is 3.66. The molecule has 1 saturated heterocycles. The number of anilines is 1. The van der Waals surface area contributed by atoms with Gasteiger partial charge in [0.05, 0.1) is 25.4 Å². The van der Waals surface area contributed by atoms with E-state index in [-0.39, 0.29) is 12.2 Å². The summed E-state index contributed by atoms with van der Waals surface area (Å²) >= 11 is 0. The monoisotopic (exact) mass is 439 g/mol. The molecule has 7 nitrogen and oxygen atoms in total. The van der Waals surface area contributed by atoms with Crippen molar-refractivity contribution in [1.82, 2.24) is 15.6 Å². The van der Waals surface area contributed by atoms with Gasteiger partial charge in [-0.3, -0.25) is 0 Å². The molecule has 1 aromatic carbocycles. The van der Waals surface area contributed by atoms with Gasteiger partial charge in [-0.25, -0.2) is 9.98 Å². The first-order valence-corrected chi connectivity index (χ1v) is 11.5. The van der Waals surface area contributed by atoms with Crippen molar-refractivity contribution >= 4 is 11.8 Å². The lowest BCUT2D eigenvalue weighted by atomic mass is 10.1. The van der Waals surface area contributed by atoms with Crippen LogP contribution < -0.4 is 20.3 Å². The zero-order valence-corrected chi connectivity index (χ0v) is 20.0. The third-order valence-corrected chi connectivity index (χ3v) is 5.17. The number of rotatable bonds is 8. The van der Waals surface area contributed by atoms with Crippen LogP contribution in [0.3, 0.4) is 0 Å². The number of ether oxygens (including phenoxy) is 2. The second-order valence-electron chi connectivity index (χ2n) is 8.48. The Morgan fingerprint density at radius 3 is 2.81 bits per heavy atom. The van der Waals surface area contributed by atoms with Crippen molar-refractivity contribution in [2.75, 3.05) is 31.1 Å². The van der Waals surface area contributed by atoms with E-state index in [2.05, 4.69) is 71.6 Å². The molecule has 1 fully saturated rings. The van der Waals surface area contributed by atoms with E-state index in [1.165, 1.54) is 5.56 Å². The molecular formula is C25H37N5O2. The lowest BCUT2D eigenvalue weighted by Gasteiger charge is -2.32. The summed E-state index contributed by atoms with van der Waals surface area (Å²) in [7, 11) is 0. The second kappa shape index (κ2) is 11.7. The fraction of sp³-hybridized carbons (Fsp3) is 0.520. The van der Waals surface area contributed by atoms with E-state index in [1.54, 1.807) is 0 Å². The summed E-state index contributed by atoms with van der Waals surface area (Å²) in [5, 5.41) is 6.74. The number of nitrogens with zero attached hydrogens (tertiary/aromatic N) is 3. The minimum atomic E-state index is 0.133. The van der Waals surface area contributed by atoms with Crippen molar-refractivity contribution in [1.29, 1.82) is 0 Å². The summed E-state index contributed by atoms with van der Waals surface area (Å²) in [5.74, 6) is 2.69. The Balaban J connectivity index is 1.61. The Kier molecular flexibility index (Phi) is 8.73. The van der Waals surface area contributed by atoms with Crippen LogP contribution in [0.5, 0.6) is 5.75 Å². The van der Waals surface area contributed by atoms with Crippen LogP contribution in [-0.2, 0) is 17.8 Å².